The fourth-order valence-electron chi connectivity index (χ4n) is 4.42. The molecule has 8 nitrogen and oxygen atoms in total. The van der Waals surface area contributed by atoms with Gasteiger partial charge in [0.15, 0.2) is 0 Å². The molecule has 0 N–H and O–H groups in total. The Bertz CT molecular complexity index is 1170. The highest BCUT2D eigenvalue weighted by Crippen LogP contribution is 2.33. The number of carbonyl (C=O) groups is 1. The molecule has 1 aromatic carbocycles. The molecule has 5 rings (SSSR count). The van der Waals surface area contributed by atoms with E-state index < -0.39 is 0 Å². The van der Waals surface area contributed by atoms with Gasteiger partial charge in [-0.15, -0.1) is 0 Å². The van der Waals surface area contributed by atoms with E-state index in [9.17, 15) is 9.59 Å². The van der Waals surface area contributed by atoms with Gasteiger partial charge < -0.3 is 9.64 Å². The summed E-state index contributed by atoms with van der Waals surface area (Å²) in [7, 11) is 1.80. The summed E-state index contributed by atoms with van der Waals surface area (Å²) in [6, 6.07) is 7.26. The summed E-state index contributed by atoms with van der Waals surface area (Å²) in [5.74, 6) is -0.0411. The molecule has 0 saturated carbocycles. The third-order valence-electron chi connectivity index (χ3n) is 5.93. The Labute approximate surface area is 167 Å². The lowest BCUT2D eigenvalue weighted by molar-refractivity contribution is -0.00720. The van der Waals surface area contributed by atoms with Gasteiger partial charge in [0, 0.05) is 32.1 Å². The monoisotopic (exact) mass is 393 g/mol. The van der Waals surface area contributed by atoms with Crippen LogP contribution in [0.15, 0.2) is 35.4 Å². The first kappa shape index (κ1) is 18.1. The molecule has 2 atom stereocenters. The second-order valence-corrected chi connectivity index (χ2v) is 7.97. The molecule has 2 aliphatic heterocycles. The lowest BCUT2D eigenvalue weighted by atomic mass is 9.98. The number of likely N-dealkylation sites (tertiary alicyclic amines) is 1. The van der Waals surface area contributed by atoms with E-state index in [1.807, 2.05) is 32.0 Å². The van der Waals surface area contributed by atoms with Crippen LogP contribution >= 0.6 is 0 Å². The van der Waals surface area contributed by atoms with Crippen LogP contribution in [0.5, 0.6) is 0 Å². The molecule has 0 aliphatic carbocycles. The number of hydrogen-bond acceptors (Lipinski definition) is 5. The number of para-hydroxylation sites is 1. The summed E-state index contributed by atoms with van der Waals surface area (Å²) in [5, 5.41) is 5.13. The molecule has 0 radical (unpaired) electrons. The number of fused-ring (bicyclic) bond motifs is 2. The van der Waals surface area contributed by atoms with Gasteiger partial charge in [-0.25, -0.2) is 4.98 Å². The van der Waals surface area contributed by atoms with E-state index in [2.05, 4.69) is 10.1 Å². The Morgan fingerprint density at radius 2 is 1.97 bits per heavy atom. The summed E-state index contributed by atoms with van der Waals surface area (Å²) in [5.41, 5.74) is 3.08. The van der Waals surface area contributed by atoms with Crippen molar-refractivity contribution in [3.63, 3.8) is 0 Å². The zero-order chi connectivity index (χ0) is 20.3. The predicted octanol–water partition coefficient (Wildman–Crippen LogP) is 1.85. The van der Waals surface area contributed by atoms with E-state index in [-0.39, 0.29) is 29.7 Å². The molecule has 4 heterocycles. The van der Waals surface area contributed by atoms with E-state index in [0.29, 0.717) is 36.1 Å². The zero-order valence-corrected chi connectivity index (χ0v) is 16.7. The molecule has 0 spiro atoms. The number of benzene rings is 1. The van der Waals surface area contributed by atoms with Crippen molar-refractivity contribution in [2.75, 3.05) is 13.1 Å². The van der Waals surface area contributed by atoms with Crippen LogP contribution in [0.3, 0.4) is 0 Å². The van der Waals surface area contributed by atoms with Gasteiger partial charge in [-0.3, -0.25) is 18.8 Å². The van der Waals surface area contributed by atoms with Gasteiger partial charge >= 0.3 is 0 Å². The first-order valence-electron chi connectivity index (χ1n) is 9.90. The van der Waals surface area contributed by atoms with Crippen molar-refractivity contribution in [1.82, 2.24) is 24.2 Å². The molecule has 1 amide bonds. The van der Waals surface area contributed by atoms with Crippen molar-refractivity contribution in [3.8, 4) is 0 Å². The quantitative estimate of drug-likeness (QED) is 0.664. The molecule has 2 aliphatic rings. The van der Waals surface area contributed by atoms with Gasteiger partial charge in [0.2, 0.25) is 0 Å². The summed E-state index contributed by atoms with van der Waals surface area (Å²) in [6.45, 7) is 4.95. The second kappa shape index (κ2) is 6.52. The molecule has 0 unspecified atom stereocenters. The van der Waals surface area contributed by atoms with Crippen molar-refractivity contribution in [2.45, 2.75) is 38.5 Å². The Kier molecular flexibility index (Phi) is 4.06. The highest BCUT2D eigenvalue weighted by molar-refractivity contribution is 5.95. The first-order chi connectivity index (χ1) is 13.9. The highest BCUT2D eigenvalue weighted by Gasteiger charge is 2.38. The van der Waals surface area contributed by atoms with Crippen molar-refractivity contribution in [3.05, 3.63) is 57.9 Å². The van der Waals surface area contributed by atoms with E-state index in [1.54, 1.807) is 33.6 Å². The van der Waals surface area contributed by atoms with Gasteiger partial charge in [0.25, 0.3) is 11.5 Å². The van der Waals surface area contributed by atoms with Crippen LogP contribution < -0.4 is 5.56 Å². The molecule has 150 valence electrons. The Morgan fingerprint density at radius 1 is 1.21 bits per heavy atom. The van der Waals surface area contributed by atoms with E-state index >= 15 is 0 Å². The number of nitrogens with zero attached hydrogens (tertiary/aromatic N) is 5. The molecule has 8 heteroatoms. The van der Waals surface area contributed by atoms with Gasteiger partial charge in [-0.2, -0.15) is 5.10 Å². The van der Waals surface area contributed by atoms with Gasteiger partial charge in [0.05, 0.1) is 41.2 Å². The fraction of sp³-hybridized carbons (Fsp3) is 0.429. The maximum Gasteiger partial charge on any atom is 0.272 e. The van der Waals surface area contributed by atoms with E-state index in [0.717, 1.165) is 11.3 Å². The summed E-state index contributed by atoms with van der Waals surface area (Å²) in [6.07, 6.45) is 2.21. The minimum atomic E-state index is -0.118. The molecular formula is C21H23N5O3. The average Bonchev–Trinajstić information content (AvgIpc) is 2.98. The standard InChI is InChI=1S/C21H23N5O3/c1-12-8-16-18(13(2)29-12)23-24(3)19(16)21(28)25-9-14(10-25)26-11-22-17-7-5-4-6-15(17)20(26)27/h4-7,11-14H,8-10H2,1-3H3/t12-,13+/m1/s1. The molecular weight excluding hydrogens is 370 g/mol. The fourth-order valence-corrected chi connectivity index (χ4v) is 4.42. The molecule has 0 bridgehead atoms. The van der Waals surface area contributed by atoms with Crippen LogP contribution in [0, 0.1) is 0 Å². The average molecular weight is 393 g/mol. The smallest absolute Gasteiger partial charge is 0.272 e. The number of aromatic nitrogens is 4. The van der Waals surface area contributed by atoms with Crippen LogP contribution in [0.2, 0.25) is 0 Å². The minimum absolute atomic E-state index is 0.0411. The SMILES string of the molecule is C[C@@H]1Cc2c(nn(C)c2C(=O)N2CC(n3cnc4ccccc4c3=O)C2)[C@H](C)O1. The topological polar surface area (TPSA) is 82.3 Å². The third kappa shape index (κ3) is 2.78. The van der Waals surface area contributed by atoms with Gasteiger partial charge in [-0.1, -0.05) is 12.1 Å². The largest absolute Gasteiger partial charge is 0.369 e. The maximum absolute atomic E-state index is 13.2. The Morgan fingerprint density at radius 3 is 2.76 bits per heavy atom. The van der Waals surface area contributed by atoms with Crippen LogP contribution in [-0.2, 0) is 18.2 Å². The number of aryl methyl sites for hydroxylation is 1. The number of ether oxygens (including phenoxy) is 1. The van der Waals surface area contributed by atoms with E-state index in [4.69, 9.17) is 4.74 Å². The lowest BCUT2D eigenvalue weighted by Crippen LogP contribution is -2.53. The lowest BCUT2D eigenvalue weighted by Gasteiger charge is -2.40. The predicted molar refractivity (Wildman–Crippen MR) is 107 cm³/mol. The van der Waals surface area contributed by atoms with Crippen molar-refractivity contribution < 1.29 is 9.53 Å². The van der Waals surface area contributed by atoms with Crippen molar-refractivity contribution in [1.29, 1.82) is 0 Å². The van der Waals surface area contributed by atoms with Crippen LogP contribution in [0.1, 0.15) is 47.7 Å². The highest BCUT2D eigenvalue weighted by atomic mass is 16.5. The summed E-state index contributed by atoms with van der Waals surface area (Å²) < 4.78 is 9.15. The number of carbonyl (C=O) groups excluding carboxylic acids is 1. The van der Waals surface area contributed by atoms with Crippen LogP contribution in [0.4, 0.5) is 0 Å². The molecule has 3 aromatic rings. The molecule has 29 heavy (non-hydrogen) atoms. The van der Waals surface area contributed by atoms with Crippen LogP contribution in [0.25, 0.3) is 10.9 Å². The summed E-state index contributed by atoms with van der Waals surface area (Å²) >= 11 is 0. The van der Waals surface area contributed by atoms with E-state index in [1.165, 1.54) is 0 Å². The Hall–Kier alpha value is -3.00. The number of rotatable bonds is 2. The Balaban J connectivity index is 1.39. The normalized spacial score (nSPS) is 21.8. The number of hydrogen-bond donors (Lipinski definition) is 0. The molecule has 2 aromatic heterocycles. The first-order valence-corrected chi connectivity index (χ1v) is 9.90. The van der Waals surface area contributed by atoms with Gasteiger partial charge in [0.1, 0.15) is 5.69 Å². The zero-order valence-electron chi connectivity index (χ0n) is 16.7. The van der Waals surface area contributed by atoms with Crippen molar-refractivity contribution in [2.24, 2.45) is 7.05 Å². The van der Waals surface area contributed by atoms with Gasteiger partial charge in [-0.05, 0) is 26.0 Å². The molecule has 1 fully saturated rings. The second-order valence-electron chi connectivity index (χ2n) is 7.97. The molecule has 1 saturated heterocycles. The van der Waals surface area contributed by atoms with Crippen molar-refractivity contribution >= 4 is 16.8 Å². The summed E-state index contributed by atoms with van der Waals surface area (Å²) in [4.78, 5) is 32.1. The van der Waals surface area contributed by atoms with Crippen LogP contribution in [-0.4, -0.2) is 49.3 Å². The third-order valence-corrected chi connectivity index (χ3v) is 5.93. The number of amides is 1. The minimum Gasteiger partial charge on any atom is -0.369 e. The maximum atomic E-state index is 13.2.